The van der Waals surface area contributed by atoms with Crippen molar-refractivity contribution in [1.29, 1.82) is 0 Å². The van der Waals surface area contributed by atoms with E-state index in [4.69, 9.17) is 24.7 Å². The molecule has 2 aromatic heterocycles. The maximum absolute atomic E-state index is 11.9. The number of methoxy groups -OCH3 is 3. The van der Waals surface area contributed by atoms with Crippen LogP contribution >= 0.6 is 0 Å². The number of hydrogen-bond donors (Lipinski definition) is 2. The summed E-state index contributed by atoms with van der Waals surface area (Å²) in [7, 11) is 4.69. The maximum Gasteiger partial charge on any atom is 0.240 e. The van der Waals surface area contributed by atoms with Gasteiger partial charge in [-0.25, -0.2) is 9.97 Å². The molecule has 3 N–H and O–H groups in total. The van der Waals surface area contributed by atoms with Crippen molar-refractivity contribution >= 4 is 23.5 Å². The third kappa shape index (κ3) is 4.11. The number of fused-ring (bicyclic) bond motifs is 1. The molecule has 0 unspecified atom stereocenters. The van der Waals surface area contributed by atoms with E-state index in [0.29, 0.717) is 66.6 Å². The largest absolute Gasteiger partial charge is 0.493 e. The standard InChI is InChI=1S/C23H27N7O5/c1-32-16-9-13(10-17(33-2)20(16)34-3)29-11-18(25-12-29)27-22-19-14(6-8-35-19)26-23(28-22)30-7-4-5-15(30)21(24)31/h9-12,15H,4-8H2,1-3H3,(H2,24,31)(H,26,27,28)/t15-/m0/s1. The summed E-state index contributed by atoms with van der Waals surface area (Å²) in [5.74, 6) is 3.29. The number of aromatic nitrogens is 4. The number of benzene rings is 1. The van der Waals surface area contributed by atoms with Crippen LogP contribution in [0.15, 0.2) is 24.7 Å². The van der Waals surface area contributed by atoms with Gasteiger partial charge in [0.25, 0.3) is 0 Å². The van der Waals surface area contributed by atoms with Crippen LogP contribution in [0.5, 0.6) is 23.0 Å². The SMILES string of the molecule is COc1cc(-n2cnc(Nc3nc(N4CCC[C@H]4C(N)=O)nc4c3OCC4)c2)cc(OC)c1OC. The van der Waals surface area contributed by atoms with E-state index in [-0.39, 0.29) is 5.91 Å². The fourth-order valence-electron chi connectivity index (χ4n) is 4.44. The number of imidazole rings is 1. The molecular weight excluding hydrogens is 454 g/mol. The highest BCUT2D eigenvalue weighted by molar-refractivity contribution is 5.83. The predicted molar refractivity (Wildman–Crippen MR) is 127 cm³/mol. The van der Waals surface area contributed by atoms with Gasteiger partial charge < -0.3 is 39.5 Å². The van der Waals surface area contributed by atoms with Gasteiger partial charge in [0.05, 0.1) is 45.5 Å². The predicted octanol–water partition coefficient (Wildman–Crippen LogP) is 1.82. The quantitative estimate of drug-likeness (QED) is 0.490. The van der Waals surface area contributed by atoms with E-state index in [9.17, 15) is 4.79 Å². The molecule has 1 amide bonds. The molecule has 0 radical (unpaired) electrons. The van der Waals surface area contributed by atoms with Gasteiger partial charge in [-0.1, -0.05) is 0 Å². The summed E-state index contributed by atoms with van der Waals surface area (Å²) < 4.78 is 23.9. The number of rotatable bonds is 8. The van der Waals surface area contributed by atoms with E-state index in [0.717, 1.165) is 17.8 Å². The summed E-state index contributed by atoms with van der Waals surface area (Å²) in [6.07, 6.45) is 5.68. The van der Waals surface area contributed by atoms with Crippen molar-refractivity contribution in [3.63, 3.8) is 0 Å². The third-order valence-electron chi connectivity index (χ3n) is 6.12. The normalized spacial score (nSPS) is 16.5. The highest BCUT2D eigenvalue weighted by Crippen LogP contribution is 2.40. The van der Waals surface area contributed by atoms with Crippen molar-refractivity contribution in [3.05, 3.63) is 30.4 Å². The van der Waals surface area contributed by atoms with Gasteiger partial charge in [-0.15, -0.1) is 0 Å². The second kappa shape index (κ2) is 9.20. The Hall–Kier alpha value is -4.22. The van der Waals surface area contributed by atoms with Crippen molar-refractivity contribution in [2.75, 3.05) is 44.7 Å². The van der Waals surface area contributed by atoms with Crippen LogP contribution in [-0.4, -0.2) is 65.9 Å². The number of anilines is 3. The van der Waals surface area contributed by atoms with Gasteiger partial charge in [0.15, 0.2) is 23.1 Å². The van der Waals surface area contributed by atoms with Crippen LogP contribution in [0.4, 0.5) is 17.6 Å². The van der Waals surface area contributed by atoms with Crippen LogP contribution in [-0.2, 0) is 11.2 Å². The van der Waals surface area contributed by atoms with Gasteiger partial charge in [-0.3, -0.25) is 4.79 Å². The zero-order valence-corrected chi connectivity index (χ0v) is 19.8. The third-order valence-corrected chi connectivity index (χ3v) is 6.12. The summed E-state index contributed by atoms with van der Waals surface area (Å²) >= 11 is 0. The monoisotopic (exact) mass is 481 g/mol. The average molecular weight is 482 g/mol. The lowest BCUT2D eigenvalue weighted by Gasteiger charge is -2.23. The Morgan fingerprint density at radius 1 is 1.17 bits per heavy atom. The van der Waals surface area contributed by atoms with Gasteiger partial charge in [0.2, 0.25) is 17.6 Å². The first-order chi connectivity index (χ1) is 17.0. The van der Waals surface area contributed by atoms with Crippen molar-refractivity contribution in [3.8, 4) is 28.7 Å². The summed E-state index contributed by atoms with van der Waals surface area (Å²) in [5.41, 5.74) is 7.16. The number of nitrogens with one attached hydrogen (secondary N) is 1. The van der Waals surface area contributed by atoms with Crippen LogP contribution in [0, 0.1) is 0 Å². The van der Waals surface area contributed by atoms with Gasteiger partial charge in [0, 0.05) is 25.1 Å². The number of ether oxygens (including phenoxy) is 4. The van der Waals surface area contributed by atoms with E-state index < -0.39 is 6.04 Å². The topological polar surface area (TPSA) is 139 Å². The fraction of sp³-hybridized carbons (Fsp3) is 0.391. The molecule has 5 rings (SSSR count). The molecular formula is C23H27N7O5. The number of amides is 1. The number of nitrogens with zero attached hydrogens (tertiary/aromatic N) is 5. The second-order valence-electron chi connectivity index (χ2n) is 8.18. The maximum atomic E-state index is 11.9. The summed E-state index contributed by atoms with van der Waals surface area (Å²) in [5, 5.41) is 3.24. The number of carbonyl (C=O) groups is 1. The molecule has 12 nitrogen and oxygen atoms in total. The van der Waals surface area contributed by atoms with E-state index in [1.807, 2.05) is 27.8 Å². The van der Waals surface area contributed by atoms with Crippen LogP contribution < -0.4 is 34.9 Å². The smallest absolute Gasteiger partial charge is 0.240 e. The molecule has 0 aliphatic carbocycles. The molecule has 1 fully saturated rings. The van der Waals surface area contributed by atoms with Crippen molar-refractivity contribution in [2.24, 2.45) is 5.73 Å². The zero-order chi connectivity index (χ0) is 24.5. The lowest BCUT2D eigenvalue weighted by Crippen LogP contribution is -2.41. The van der Waals surface area contributed by atoms with Crippen molar-refractivity contribution in [2.45, 2.75) is 25.3 Å². The summed E-state index contributed by atoms with van der Waals surface area (Å²) in [6.45, 7) is 1.18. The molecule has 0 spiro atoms. The Kier molecular flexibility index (Phi) is 5.93. The molecule has 2 aliphatic rings. The zero-order valence-electron chi connectivity index (χ0n) is 19.8. The first-order valence-electron chi connectivity index (χ1n) is 11.2. The van der Waals surface area contributed by atoms with E-state index in [2.05, 4.69) is 20.3 Å². The first kappa shape index (κ1) is 22.6. The Morgan fingerprint density at radius 2 is 1.94 bits per heavy atom. The number of hydrogen-bond acceptors (Lipinski definition) is 10. The molecule has 184 valence electrons. The Bertz CT molecular complexity index is 1240. The molecule has 1 aromatic carbocycles. The lowest BCUT2D eigenvalue weighted by molar-refractivity contribution is -0.119. The first-order valence-corrected chi connectivity index (χ1v) is 11.2. The molecule has 35 heavy (non-hydrogen) atoms. The molecule has 4 heterocycles. The summed E-state index contributed by atoms with van der Waals surface area (Å²) in [4.78, 5) is 27.6. The van der Waals surface area contributed by atoms with Crippen molar-refractivity contribution in [1.82, 2.24) is 19.5 Å². The van der Waals surface area contributed by atoms with E-state index in [1.54, 1.807) is 27.7 Å². The molecule has 3 aromatic rings. The second-order valence-corrected chi connectivity index (χ2v) is 8.18. The molecule has 12 heteroatoms. The highest BCUT2D eigenvalue weighted by atomic mass is 16.5. The number of carbonyl (C=O) groups excluding carboxylic acids is 1. The lowest BCUT2D eigenvalue weighted by atomic mass is 10.2. The van der Waals surface area contributed by atoms with Gasteiger partial charge >= 0.3 is 0 Å². The molecule has 1 atom stereocenters. The molecule has 2 aliphatic heterocycles. The molecule has 1 saturated heterocycles. The van der Waals surface area contributed by atoms with Crippen molar-refractivity contribution < 1.29 is 23.7 Å². The van der Waals surface area contributed by atoms with E-state index >= 15 is 0 Å². The minimum atomic E-state index is -0.414. The Labute approximate surface area is 202 Å². The molecule has 0 bridgehead atoms. The minimum absolute atomic E-state index is 0.374. The molecule has 0 saturated carbocycles. The van der Waals surface area contributed by atoms with Gasteiger partial charge in [0.1, 0.15) is 18.2 Å². The van der Waals surface area contributed by atoms with Crippen LogP contribution in [0.1, 0.15) is 18.5 Å². The van der Waals surface area contributed by atoms with E-state index in [1.165, 1.54) is 0 Å². The van der Waals surface area contributed by atoms with Gasteiger partial charge in [-0.05, 0) is 12.8 Å². The average Bonchev–Trinajstić information content (AvgIpc) is 3.63. The Balaban J connectivity index is 1.46. The van der Waals surface area contributed by atoms with Crippen LogP contribution in [0.2, 0.25) is 0 Å². The van der Waals surface area contributed by atoms with Crippen LogP contribution in [0.3, 0.4) is 0 Å². The minimum Gasteiger partial charge on any atom is -0.493 e. The number of nitrogens with two attached hydrogens (primary N) is 1. The van der Waals surface area contributed by atoms with Crippen LogP contribution in [0.25, 0.3) is 5.69 Å². The summed E-state index contributed by atoms with van der Waals surface area (Å²) in [6, 6.07) is 3.24. The fourth-order valence-corrected chi connectivity index (χ4v) is 4.44. The highest BCUT2D eigenvalue weighted by Gasteiger charge is 2.33. The Morgan fingerprint density at radius 3 is 2.63 bits per heavy atom. The van der Waals surface area contributed by atoms with Gasteiger partial charge in [-0.2, -0.15) is 4.98 Å². The number of primary amides is 1.